The summed E-state index contributed by atoms with van der Waals surface area (Å²) in [7, 11) is 0.210. The molecule has 7 heteroatoms. The van der Waals surface area contributed by atoms with Crippen molar-refractivity contribution < 1.29 is 8.42 Å². The maximum Gasteiger partial charge on any atom is 0.262 e. The van der Waals surface area contributed by atoms with E-state index in [-0.39, 0.29) is 0 Å². The summed E-state index contributed by atoms with van der Waals surface area (Å²) in [6.45, 7) is 3.12. The summed E-state index contributed by atoms with van der Waals surface area (Å²) < 4.78 is 29.1. The molecule has 5 nitrogen and oxygen atoms in total. The van der Waals surface area contributed by atoms with Crippen LogP contribution in [0.3, 0.4) is 0 Å². The zero-order chi connectivity index (χ0) is 21.1. The molecule has 0 bridgehead atoms. The lowest BCUT2D eigenvalue weighted by molar-refractivity contribution is 0.294. The molecule has 158 valence electrons. The lowest BCUT2D eigenvalue weighted by Crippen LogP contribution is -2.31. The maximum absolute atomic E-state index is 13.2. The number of anilines is 2. The van der Waals surface area contributed by atoms with E-state index in [0.29, 0.717) is 10.6 Å². The number of nitrogens with one attached hydrogen (secondary N) is 1. The lowest BCUT2D eigenvalue weighted by Gasteiger charge is -2.26. The van der Waals surface area contributed by atoms with Gasteiger partial charge in [-0.05, 0) is 29.8 Å². The Balaban J connectivity index is 1.56. The van der Waals surface area contributed by atoms with Crippen LogP contribution < -0.4 is 9.62 Å². The van der Waals surface area contributed by atoms with Crippen LogP contribution in [0.15, 0.2) is 65.6 Å². The van der Waals surface area contributed by atoms with Crippen LogP contribution in [0, 0.1) is 0 Å². The van der Waals surface area contributed by atoms with Crippen molar-refractivity contribution in [2.24, 2.45) is 0 Å². The fourth-order valence-electron chi connectivity index (χ4n) is 3.79. The van der Waals surface area contributed by atoms with Crippen molar-refractivity contribution in [1.82, 2.24) is 4.90 Å². The molecule has 1 aliphatic rings. The molecule has 0 aliphatic carbocycles. The first kappa shape index (κ1) is 21.0. The van der Waals surface area contributed by atoms with E-state index in [2.05, 4.69) is 9.62 Å². The Bertz CT molecular complexity index is 1120. The fourth-order valence-corrected chi connectivity index (χ4v) is 6.05. The van der Waals surface area contributed by atoms with Gasteiger partial charge in [0.25, 0.3) is 10.0 Å². The lowest BCUT2D eigenvalue weighted by atomic mass is 10.1. The van der Waals surface area contributed by atoms with Gasteiger partial charge in [-0.3, -0.25) is 9.62 Å². The molecular weight excluding hydrogens is 414 g/mol. The second-order valence-electron chi connectivity index (χ2n) is 7.71. The minimum atomic E-state index is -3.70. The van der Waals surface area contributed by atoms with Gasteiger partial charge in [0.2, 0.25) is 0 Å². The second-order valence-corrected chi connectivity index (χ2v) is 10.6. The predicted molar refractivity (Wildman–Crippen MR) is 128 cm³/mol. The largest absolute Gasteiger partial charge is 0.377 e. The number of benzene rings is 3. The molecule has 1 fully saturated rings. The summed E-state index contributed by atoms with van der Waals surface area (Å²) in [5, 5.41) is 1.64. The van der Waals surface area contributed by atoms with Crippen molar-refractivity contribution in [3.05, 3.63) is 66.2 Å². The number of thioether (sulfide) groups is 1. The molecule has 0 atom stereocenters. The summed E-state index contributed by atoms with van der Waals surface area (Å²) in [6.07, 6.45) is 0. The molecule has 1 aliphatic heterocycles. The third kappa shape index (κ3) is 4.58. The van der Waals surface area contributed by atoms with E-state index in [1.807, 2.05) is 79.3 Å². The minimum absolute atomic E-state index is 0.290. The van der Waals surface area contributed by atoms with Gasteiger partial charge in [0.15, 0.2) is 0 Å². The highest BCUT2D eigenvalue weighted by atomic mass is 32.2. The Morgan fingerprint density at radius 1 is 0.933 bits per heavy atom. The van der Waals surface area contributed by atoms with Gasteiger partial charge >= 0.3 is 0 Å². The number of nitrogens with zero attached hydrogens (tertiary/aromatic N) is 2. The van der Waals surface area contributed by atoms with Gasteiger partial charge in [-0.15, -0.1) is 0 Å². The predicted octanol–water partition coefficient (Wildman–Crippen LogP) is 4.26. The molecule has 30 heavy (non-hydrogen) atoms. The molecule has 0 amide bonds. The summed E-state index contributed by atoms with van der Waals surface area (Å²) in [5.74, 6) is 2.36. The van der Waals surface area contributed by atoms with E-state index in [1.54, 1.807) is 12.1 Å². The van der Waals surface area contributed by atoms with Gasteiger partial charge in [-0.25, -0.2) is 8.42 Å². The van der Waals surface area contributed by atoms with Gasteiger partial charge < -0.3 is 4.90 Å². The average Bonchev–Trinajstić information content (AvgIpc) is 2.74. The third-order valence-electron chi connectivity index (χ3n) is 5.35. The van der Waals surface area contributed by atoms with Crippen LogP contribution in [0.2, 0.25) is 0 Å². The average molecular weight is 442 g/mol. The smallest absolute Gasteiger partial charge is 0.262 e. The fraction of sp³-hybridized carbons (Fsp3) is 0.304. The van der Waals surface area contributed by atoms with Crippen LogP contribution in [-0.2, 0) is 16.6 Å². The maximum atomic E-state index is 13.2. The first-order chi connectivity index (χ1) is 14.4. The van der Waals surface area contributed by atoms with Crippen LogP contribution in [0.1, 0.15) is 5.56 Å². The molecule has 0 radical (unpaired) electrons. The van der Waals surface area contributed by atoms with E-state index in [1.165, 1.54) is 17.1 Å². The van der Waals surface area contributed by atoms with Crippen LogP contribution >= 0.6 is 11.8 Å². The normalized spacial score (nSPS) is 15.3. The molecule has 1 heterocycles. The molecule has 0 saturated carbocycles. The quantitative estimate of drug-likeness (QED) is 0.620. The highest BCUT2D eigenvalue weighted by molar-refractivity contribution is 7.99. The molecule has 1 saturated heterocycles. The van der Waals surface area contributed by atoms with Gasteiger partial charge in [-0.2, -0.15) is 11.8 Å². The molecule has 3 aromatic rings. The van der Waals surface area contributed by atoms with Crippen molar-refractivity contribution in [3.8, 4) is 0 Å². The van der Waals surface area contributed by atoms with Crippen LogP contribution in [-0.4, -0.2) is 52.0 Å². The highest BCUT2D eigenvalue weighted by Gasteiger charge is 2.19. The molecule has 3 aromatic carbocycles. The standard InChI is InChI=1S/C23H27N3O2S2/c1-25(2)22-7-3-6-21-20(22)5-4-8-23(21)30(27,28)24-19-11-9-18(10-12-19)17-26-13-15-29-16-14-26/h3-12,24H,13-17H2,1-2H3. The van der Waals surface area contributed by atoms with Gasteiger partial charge in [-0.1, -0.05) is 36.4 Å². The second kappa shape index (κ2) is 8.88. The number of fused-ring (bicyclic) bond motifs is 1. The topological polar surface area (TPSA) is 52.7 Å². The van der Waals surface area contributed by atoms with Gasteiger partial charge in [0.05, 0.1) is 4.90 Å². The molecular formula is C23H27N3O2S2. The minimum Gasteiger partial charge on any atom is -0.377 e. The van der Waals surface area contributed by atoms with Crippen molar-refractivity contribution in [1.29, 1.82) is 0 Å². The van der Waals surface area contributed by atoms with Crippen molar-refractivity contribution >= 4 is 43.9 Å². The highest BCUT2D eigenvalue weighted by Crippen LogP contribution is 2.31. The zero-order valence-corrected chi connectivity index (χ0v) is 19.0. The third-order valence-corrected chi connectivity index (χ3v) is 7.73. The van der Waals surface area contributed by atoms with Crippen LogP contribution in [0.5, 0.6) is 0 Å². The number of hydrogen-bond acceptors (Lipinski definition) is 5. The van der Waals surface area contributed by atoms with Crippen molar-refractivity contribution in [3.63, 3.8) is 0 Å². The molecule has 0 unspecified atom stereocenters. The Labute approximate surface area is 183 Å². The number of hydrogen-bond donors (Lipinski definition) is 1. The SMILES string of the molecule is CN(C)c1cccc2c(S(=O)(=O)Nc3ccc(CN4CCSCC4)cc3)cccc12. The monoisotopic (exact) mass is 441 g/mol. The number of sulfonamides is 1. The Morgan fingerprint density at radius 3 is 2.30 bits per heavy atom. The summed E-state index contributed by atoms with van der Waals surface area (Å²) in [6, 6.07) is 18.9. The molecule has 4 rings (SSSR count). The van der Waals surface area contributed by atoms with Crippen molar-refractivity contribution in [2.45, 2.75) is 11.4 Å². The van der Waals surface area contributed by atoms with Crippen LogP contribution in [0.25, 0.3) is 10.8 Å². The van der Waals surface area contributed by atoms with Gasteiger partial charge in [0.1, 0.15) is 0 Å². The van der Waals surface area contributed by atoms with E-state index < -0.39 is 10.0 Å². The first-order valence-electron chi connectivity index (χ1n) is 10.0. The summed E-state index contributed by atoms with van der Waals surface area (Å²) in [4.78, 5) is 4.72. The van der Waals surface area contributed by atoms with Gasteiger partial charge in [0, 0.05) is 67.4 Å². The van der Waals surface area contributed by atoms with Crippen molar-refractivity contribution in [2.75, 3.05) is 48.3 Å². The van der Waals surface area contributed by atoms with E-state index in [0.717, 1.165) is 36.1 Å². The Hall–Kier alpha value is -2.22. The molecule has 1 N–H and O–H groups in total. The summed E-state index contributed by atoms with van der Waals surface area (Å²) >= 11 is 2.00. The van der Waals surface area contributed by atoms with E-state index >= 15 is 0 Å². The van der Waals surface area contributed by atoms with E-state index in [9.17, 15) is 8.42 Å². The zero-order valence-electron chi connectivity index (χ0n) is 17.3. The molecule has 0 aromatic heterocycles. The van der Waals surface area contributed by atoms with Crippen LogP contribution in [0.4, 0.5) is 11.4 Å². The molecule has 0 spiro atoms. The Morgan fingerprint density at radius 2 is 1.60 bits per heavy atom. The number of rotatable bonds is 6. The summed E-state index contributed by atoms with van der Waals surface area (Å²) in [5.41, 5.74) is 2.77. The first-order valence-corrected chi connectivity index (χ1v) is 12.7. The Kier molecular flexibility index (Phi) is 6.22. The van der Waals surface area contributed by atoms with E-state index in [4.69, 9.17) is 0 Å².